The van der Waals surface area contributed by atoms with E-state index in [1.807, 2.05) is 13.8 Å². The van der Waals surface area contributed by atoms with Gasteiger partial charge in [0, 0.05) is 37.8 Å². The van der Waals surface area contributed by atoms with Crippen LogP contribution in [0.15, 0.2) is 0 Å². The van der Waals surface area contributed by atoms with Crippen molar-refractivity contribution in [3.63, 3.8) is 0 Å². The van der Waals surface area contributed by atoms with Crippen molar-refractivity contribution in [2.24, 2.45) is 5.92 Å². The summed E-state index contributed by atoms with van der Waals surface area (Å²) < 4.78 is 0. The fourth-order valence-electron chi connectivity index (χ4n) is 3.94. The van der Waals surface area contributed by atoms with E-state index < -0.39 is 0 Å². The molecule has 2 saturated heterocycles. The zero-order chi connectivity index (χ0) is 14.7. The quantitative estimate of drug-likeness (QED) is 0.787. The molecule has 0 bridgehead atoms. The molecule has 0 N–H and O–H groups in total. The average Bonchev–Trinajstić information content (AvgIpc) is 3.24. The second kappa shape index (κ2) is 7.24. The van der Waals surface area contributed by atoms with Gasteiger partial charge < -0.3 is 4.90 Å². The Bertz CT molecular complexity index is 284. The summed E-state index contributed by atoms with van der Waals surface area (Å²) in [6.07, 6.45) is 4.27. The maximum atomic E-state index is 2.81. The molecular formula is C17H35N3. The van der Waals surface area contributed by atoms with Crippen LogP contribution in [0, 0.1) is 5.92 Å². The van der Waals surface area contributed by atoms with E-state index in [1.54, 1.807) is 0 Å². The Morgan fingerprint density at radius 2 is 1.60 bits per heavy atom. The van der Waals surface area contributed by atoms with Crippen molar-refractivity contribution in [2.45, 2.75) is 65.1 Å². The zero-order valence-electron chi connectivity index (χ0n) is 14.3. The van der Waals surface area contributed by atoms with Crippen molar-refractivity contribution in [2.75, 3.05) is 39.8 Å². The number of piperidine rings is 1. The Balaban J connectivity index is 0.000000704. The molecule has 2 atom stereocenters. The molecule has 1 saturated carbocycles. The minimum Gasteiger partial charge on any atom is -0.306 e. The second-order valence-corrected chi connectivity index (χ2v) is 6.94. The highest BCUT2D eigenvalue weighted by atomic mass is 15.4. The Morgan fingerprint density at radius 3 is 2.20 bits per heavy atom. The van der Waals surface area contributed by atoms with E-state index in [9.17, 15) is 0 Å². The summed E-state index contributed by atoms with van der Waals surface area (Å²) in [6.45, 7) is 15.3. The number of likely N-dealkylation sites (tertiary alicyclic amines) is 1. The summed E-state index contributed by atoms with van der Waals surface area (Å²) in [5.74, 6) is 0.966. The molecule has 0 aromatic rings. The minimum atomic E-state index is 0.741. The first-order valence-corrected chi connectivity index (χ1v) is 8.83. The molecular weight excluding hydrogens is 246 g/mol. The summed E-state index contributed by atoms with van der Waals surface area (Å²) in [6, 6.07) is 2.54. The zero-order valence-corrected chi connectivity index (χ0v) is 14.3. The molecule has 3 nitrogen and oxygen atoms in total. The van der Waals surface area contributed by atoms with Crippen LogP contribution in [-0.2, 0) is 0 Å². The molecule has 3 aliphatic rings. The first-order valence-electron chi connectivity index (χ1n) is 8.83. The molecule has 0 spiro atoms. The number of hydrogen-bond acceptors (Lipinski definition) is 3. The Kier molecular flexibility index (Phi) is 5.88. The van der Waals surface area contributed by atoms with Crippen molar-refractivity contribution in [1.29, 1.82) is 0 Å². The van der Waals surface area contributed by atoms with Gasteiger partial charge in [0.2, 0.25) is 0 Å². The third-order valence-corrected chi connectivity index (χ3v) is 5.26. The van der Waals surface area contributed by atoms with E-state index in [4.69, 9.17) is 0 Å². The normalized spacial score (nSPS) is 32.7. The minimum absolute atomic E-state index is 0.741. The smallest absolute Gasteiger partial charge is 0.0270 e. The van der Waals surface area contributed by atoms with E-state index in [0.29, 0.717) is 0 Å². The van der Waals surface area contributed by atoms with Crippen LogP contribution in [0.2, 0.25) is 0 Å². The molecule has 0 aromatic carbocycles. The van der Waals surface area contributed by atoms with Gasteiger partial charge >= 0.3 is 0 Å². The van der Waals surface area contributed by atoms with Gasteiger partial charge in [-0.2, -0.15) is 0 Å². The van der Waals surface area contributed by atoms with Crippen molar-refractivity contribution >= 4 is 0 Å². The molecule has 3 heteroatoms. The molecule has 2 aliphatic heterocycles. The van der Waals surface area contributed by atoms with Gasteiger partial charge in [0.25, 0.3) is 0 Å². The molecule has 3 rings (SSSR count). The number of nitrogens with zero attached hydrogens (tertiary/aromatic N) is 3. The van der Waals surface area contributed by atoms with E-state index in [1.165, 1.54) is 52.0 Å². The largest absolute Gasteiger partial charge is 0.306 e. The van der Waals surface area contributed by atoms with Gasteiger partial charge in [-0.05, 0) is 59.2 Å². The summed E-state index contributed by atoms with van der Waals surface area (Å²) in [5, 5.41) is 0. The lowest BCUT2D eigenvalue weighted by Crippen LogP contribution is -2.50. The van der Waals surface area contributed by atoms with E-state index in [0.717, 1.165) is 24.0 Å². The lowest BCUT2D eigenvalue weighted by atomic mass is 9.96. The van der Waals surface area contributed by atoms with Crippen LogP contribution in [0.25, 0.3) is 0 Å². The molecule has 2 heterocycles. The van der Waals surface area contributed by atoms with Crippen molar-refractivity contribution in [3.8, 4) is 0 Å². The van der Waals surface area contributed by atoms with Crippen molar-refractivity contribution in [3.05, 3.63) is 0 Å². The van der Waals surface area contributed by atoms with E-state index in [-0.39, 0.29) is 0 Å². The molecule has 3 fully saturated rings. The molecule has 0 radical (unpaired) electrons. The van der Waals surface area contributed by atoms with Gasteiger partial charge in [-0.3, -0.25) is 9.80 Å². The molecule has 0 aromatic heterocycles. The van der Waals surface area contributed by atoms with Crippen LogP contribution < -0.4 is 0 Å². The number of fused-ring (bicyclic) bond motifs is 1. The van der Waals surface area contributed by atoms with Crippen LogP contribution in [-0.4, -0.2) is 72.6 Å². The lowest BCUT2D eigenvalue weighted by molar-refractivity contribution is 0.0810. The fraction of sp³-hybridized carbons (Fsp3) is 1.00. The Morgan fingerprint density at radius 1 is 0.950 bits per heavy atom. The van der Waals surface area contributed by atoms with E-state index >= 15 is 0 Å². The van der Waals surface area contributed by atoms with Crippen LogP contribution >= 0.6 is 0 Å². The monoisotopic (exact) mass is 281 g/mol. The molecule has 118 valence electrons. The molecule has 0 amide bonds. The van der Waals surface area contributed by atoms with Gasteiger partial charge in [-0.25, -0.2) is 0 Å². The third-order valence-electron chi connectivity index (χ3n) is 5.26. The SMILES string of the molecule is CC.CC(C)N1CCN(CC2CCN(C)CC2)C2CC21. The highest BCUT2D eigenvalue weighted by Gasteiger charge is 2.49. The maximum Gasteiger partial charge on any atom is 0.0270 e. The van der Waals surface area contributed by atoms with Gasteiger partial charge in [0.05, 0.1) is 0 Å². The van der Waals surface area contributed by atoms with Crippen LogP contribution in [0.4, 0.5) is 0 Å². The first kappa shape index (κ1) is 16.3. The van der Waals surface area contributed by atoms with Crippen LogP contribution in [0.3, 0.4) is 0 Å². The highest BCUT2D eigenvalue weighted by molar-refractivity contribution is 5.07. The van der Waals surface area contributed by atoms with Crippen molar-refractivity contribution in [1.82, 2.24) is 14.7 Å². The maximum absolute atomic E-state index is 2.81. The van der Waals surface area contributed by atoms with Gasteiger partial charge in [-0.1, -0.05) is 13.8 Å². The standard InChI is InChI=1S/C15H29N3.C2H6/c1-12(2)18-9-8-17(14-10-15(14)18)11-13-4-6-16(3)7-5-13;1-2/h12-15H,4-11H2,1-3H3;1-2H3. The summed E-state index contributed by atoms with van der Waals surface area (Å²) in [5.41, 5.74) is 0. The number of rotatable bonds is 3. The Labute approximate surface area is 126 Å². The van der Waals surface area contributed by atoms with Gasteiger partial charge in [0.15, 0.2) is 0 Å². The predicted octanol–water partition coefficient (Wildman–Crippen LogP) is 2.52. The summed E-state index contributed by atoms with van der Waals surface area (Å²) >= 11 is 0. The van der Waals surface area contributed by atoms with Gasteiger partial charge in [-0.15, -0.1) is 0 Å². The highest BCUT2D eigenvalue weighted by Crippen LogP contribution is 2.38. The number of hydrogen-bond donors (Lipinski definition) is 0. The van der Waals surface area contributed by atoms with Crippen molar-refractivity contribution < 1.29 is 0 Å². The lowest BCUT2D eigenvalue weighted by Gasteiger charge is -2.39. The fourth-order valence-corrected chi connectivity index (χ4v) is 3.94. The summed E-state index contributed by atoms with van der Waals surface area (Å²) in [4.78, 5) is 8.00. The van der Waals surface area contributed by atoms with Crippen LogP contribution in [0.1, 0.15) is 47.0 Å². The molecule has 2 unspecified atom stereocenters. The number of piperazine rings is 1. The molecule has 1 aliphatic carbocycles. The van der Waals surface area contributed by atoms with E-state index in [2.05, 4.69) is 35.6 Å². The third kappa shape index (κ3) is 3.75. The average molecular weight is 281 g/mol. The predicted molar refractivity (Wildman–Crippen MR) is 87.2 cm³/mol. The van der Waals surface area contributed by atoms with Crippen LogP contribution in [0.5, 0.6) is 0 Å². The first-order chi connectivity index (χ1) is 9.65. The topological polar surface area (TPSA) is 9.72 Å². The van der Waals surface area contributed by atoms with Gasteiger partial charge in [0.1, 0.15) is 0 Å². The summed E-state index contributed by atoms with van der Waals surface area (Å²) in [7, 11) is 2.26. The second-order valence-electron chi connectivity index (χ2n) is 6.94. The Hall–Kier alpha value is -0.120. The molecule has 20 heavy (non-hydrogen) atoms.